The van der Waals surface area contributed by atoms with Crippen molar-refractivity contribution in [3.8, 4) is 0 Å². The van der Waals surface area contributed by atoms with Crippen molar-refractivity contribution >= 4 is 0 Å². The van der Waals surface area contributed by atoms with Gasteiger partial charge in [0.05, 0.1) is 0 Å². The van der Waals surface area contributed by atoms with Gasteiger partial charge in [0.25, 0.3) is 0 Å². The van der Waals surface area contributed by atoms with Gasteiger partial charge in [-0.1, -0.05) is 90.5 Å². The van der Waals surface area contributed by atoms with Crippen molar-refractivity contribution in [2.45, 2.75) is 84.1 Å². The third kappa shape index (κ3) is 6.09. The van der Waals surface area contributed by atoms with Crippen LogP contribution in [0.1, 0.15) is 89.8 Å². The third-order valence-electron chi connectivity index (χ3n) is 4.07. The average Bonchev–Trinajstić information content (AvgIpc) is 2.41. The second-order valence-corrected chi connectivity index (χ2v) is 7.03. The maximum atomic E-state index is 6.30. The highest BCUT2D eigenvalue weighted by Crippen LogP contribution is 2.25. The van der Waals surface area contributed by atoms with Crippen molar-refractivity contribution in [2.75, 3.05) is 0 Å². The number of nitrogens with two attached hydrogens (primary N) is 1. The minimum atomic E-state index is 0.204. The number of rotatable bonds is 8. The summed E-state index contributed by atoms with van der Waals surface area (Å²) >= 11 is 0. The highest BCUT2D eigenvalue weighted by molar-refractivity contribution is 5.29. The van der Waals surface area contributed by atoms with Gasteiger partial charge in [-0.15, -0.1) is 0 Å². The van der Waals surface area contributed by atoms with Crippen LogP contribution >= 0.6 is 0 Å². The van der Waals surface area contributed by atoms with Crippen LogP contribution < -0.4 is 5.73 Å². The summed E-state index contributed by atoms with van der Waals surface area (Å²) in [4.78, 5) is 0. The molecule has 0 aliphatic heterocycles. The Morgan fingerprint density at radius 1 is 0.900 bits per heavy atom. The van der Waals surface area contributed by atoms with E-state index in [0.29, 0.717) is 0 Å². The van der Waals surface area contributed by atoms with Gasteiger partial charge in [0.2, 0.25) is 0 Å². The van der Waals surface area contributed by atoms with E-state index in [1.54, 1.807) is 0 Å². The Kier molecular flexibility index (Phi) is 7.29. The lowest BCUT2D eigenvalue weighted by Crippen LogP contribution is -2.13. The standard InChI is InChI=1S/C19H33N/c1-5-6-7-8-9-10-11-18(20)16-12-14-17(15-13-16)19(2,3)4/h12-15,18H,5-11,20H2,1-4H3. The summed E-state index contributed by atoms with van der Waals surface area (Å²) in [6.45, 7) is 9.01. The van der Waals surface area contributed by atoms with E-state index in [2.05, 4.69) is 52.0 Å². The van der Waals surface area contributed by atoms with Gasteiger partial charge in [-0.3, -0.25) is 0 Å². The lowest BCUT2D eigenvalue weighted by atomic mass is 9.86. The summed E-state index contributed by atoms with van der Waals surface area (Å²) in [7, 11) is 0. The molecule has 0 aromatic heterocycles. The monoisotopic (exact) mass is 275 g/mol. The first-order valence-corrected chi connectivity index (χ1v) is 8.31. The Labute approximate surface area is 126 Å². The summed E-state index contributed by atoms with van der Waals surface area (Å²) in [5, 5.41) is 0. The molecule has 0 aliphatic carbocycles. The zero-order valence-corrected chi connectivity index (χ0v) is 13.9. The number of hydrogen-bond donors (Lipinski definition) is 1. The molecule has 1 aromatic carbocycles. The highest BCUT2D eigenvalue weighted by Gasteiger charge is 2.14. The van der Waals surface area contributed by atoms with Crippen LogP contribution in [-0.2, 0) is 5.41 Å². The SMILES string of the molecule is CCCCCCCCC(N)c1ccc(C(C)(C)C)cc1. The van der Waals surface area contributed by atoms with Crippen LogP contribution in [0.25, 0.3) is 0 Å². The van der Waals surface area contributed by atoms with E-state index in [1.807, 2.05) is 0 Å². The van der Waals surface area contributed by atoms with Gasteiger partial charge in [-0.2, -0.15) is 0 Å². The summed E-state index contributed by atoms with van der Waals surface area (Å²) in [6, 6.07) is 9.09. The molecule has 20 heavy (non-hydrogen) atoms. The van der Waals surface area contributed by atoms with E-state index in [9.17, 15) is 0 Å². The minimum absolute atomic E-state index is 0.204. The molecule has 0 heterocycles. The Hall–Kier alpha value is -0.820. The Bertz CT molecular complexity index is 358. The predicted molar refractivity (Wildman–Crippen MR) is 90.1 cm³/mol. The molecule has 0 bridgehead atoms. The van der Waals surface area contributed by atoms with Gasteiger partial charge in [0.15, 0.2) is 0 Å². The molecule has 2 N–H and O–H groups in total. The van der Waals surface area contributed by atoms with Crippen molar-refractivity contribution in [3.63, 3.8) is 0 Å². The molecule has 1 heteroatoms. The molecule has 1 nitrogen and oxygen atoms in total. The zero-order chi connectivity index (χ0) is 15.0. The van der Waals surface area contributed by atoms with Gasteiger partial charge in [0.1, 0.15) is 0 Å². The van der Waals surface area contributed by atoms with Crippen molar-refractivity contribution in [3.05, 3.63) is 35.4 Å². The van der Waals surface area contributed by atoms with Crippen LogP contribution in [0.4, 0.5) is 0 Å². The van der Waals surface area contributed by atoms with Crippen molar-refractivity contribution in [1.29, 1.82) is 0 Å². The summed E-state index contributed by atoms with van der Waals surface area (Å²) in [5.74, 6) is 0. The van der Waals surface area contributed by atoms with E-state index in [-0.39, 0.29) is 11.5 Å². The van der Waals surface area contributed by atoms with Crippen LogP contribution in [-0.4, -0.2) is 0 Å². The van der Waals surface area contributed by atoms with Gasteiger partial charge < -0.3 is 5.73 Å². The van der Waals surface area contributed by atoms with Gasteiger partial charge in [-0.05, 0) is 23.0 Å². The van der Waals surface area contributed by atoms with Crippen LogP contribution in [0, 0.1) is 0 Å². The smallest absolute Gasteiger partial charge is 0.0294 e. The number of benzene rings is 1. The second-order valence-electron chi connectivity index (χ2n) is 7.03. The molecule has 0 amide bonds. The van der Waals surface area contributed by atoms with Crippen molar-refractivity contribution < 1.29 is 0 Å². The number of unbranched alkanes of at least 4 members (excludes halogenated alkanes) is 5. The minimum Gasteiger partial charge on any atom is -0.324 e. The van der Waals surface area contributed by atoms with E-state index < -0.39 is 0 Å². The Balaban J connectivity index is 2.34. The molecule has 0 aliphatic rings. The van der Waals surface area contributed by atoms with E-state index in [1.165, 1.54) is 49.7 Å². The molecule has 0 saturated heterocycles. The molecule has 0 fully saturated rings. The molecular formula is C19H33N. The van der Waals surface area contributed by atoms with Crippen molar-refractivity contribution in [2.24, 2.45) is 5.73 Å². The van der Waals surface area contributed by atoms with Crippen LogP contribution in [0.15, 0.2) is 24.3 Å². The second kappa shape index (κ2) is 8.46. The Morgan fingerprint density at radius 2 is 1.45 bits per heavy atom. The fraction of sp³-hybridized carbons (Fsp3) is 0.684. The molecule has 1 rings (SSSR count). The largest absolute Gasteiger partial charge is 0.324 e. The highest BCUT2D eigenvalue weighted by atomic mass is 14.6. The fourth-order valence-corrected chi connectivity index (χ4v) is 2.54. The van der Waals surface area contributed by atoms with Gasteiger partial charge in [-0.25, -0.2) is 0 Å². The zero-order valence-electron chi connectivity index (χ0n) is 13.9. The molecule has 1 unspecified atom stereocenters. The lowest BCUT2D eigenvalue weighted by Gasteiger charge is -2.20. The molecule has 1 aromatic rings. The molecule has 0 radical (unpaired) electrons. The average molecular weight is 275 g/mol. The van der Waals surface area contributed by atoms with Gasteiger partial charge >= 0.3 is 0 Å². The molecule has 0 saturated carbocycles. The molecule has 1 atom stereocenters. The summed E-state index contributed by atoms with van der Waals surface area (Å²) in [6.07, 6.45) is 9.14. The quantitative estimate of drug-likeness (QED) is 0.602. The van der Waals surface area contributed by atoms with Crippen LogP contribution in [0.3, 0.4) is 0 Å². The fourth-order valence-electron chi connectivity index (χ4n) is 2.54. The first-order valence-electron chi connectivity index (χ1n) is 8.31. The third-order valence-corrected chi connectivity index (χ3v) is 4.07. The van der Waals surface area contributed by atoms with Crippen molar-refractivity contribution in [1.82, 2.24) is 0 Å². The summed E-state index contributed by atoms with van der Waals surface area (Å²) in [5.41, 5.74) is 9.19. The normalized spacial score (nSPS) is 13.4. The Morgan fingerprint density at radius 3 is 2.00 bits per heavy atom. The maximum Gasteiger partial charge on any atom is 0.0294 e. The van der Waals surface area contributed by atoms with Crippen LogP contribution in [0.5, 0.6) is 0 Å². The van der Waals surface area contributed by atoms with Crippen LogP contribution in [0.2, 0.25) is 0 Å². The molecule has 114 valence electrons. The first-order chi connectivity index (χ1) is 9.45. The molecular weight excluding hydrogens is 242 g/mol. The lowest BCUT2D eigenvalue weighted by molar-refractivity contribution is 0.546. The van der Waals surface area contributed by atoms with Gasteiger partial charge in [0, 0.05) is 6.04 Å². The number of hydrogen-bond acceptors (Lipinski definition) is 1. The van der Waals surface area contributed by atoms with E-state index >= 15 is 0 Å². The maximum absolute atomic E-state index is 6.30. The molecule has 0 spiro atoms. The topological polar surface area (TPSA) is 26.0 Å². The first kappa shape index (κ1) is 17.2. The predicted octanol–water partition coefficient (Wildman–Crippen LogP) is 5.73. The van der Waals surface area contributed by atoms with E-state index in [4.69, 9.17) is 5.73 Å². The van der Waals surface area contributed by atoms with E-state index in [0.717, 1.165) is 6.42 Å². The summed E-state index contributed by atoms with van der Waals surface area (Å²) < 4.78 is 0.